The third kappa shape index (κ3) is 9.15. The minimum absolute atomic E-state index is 0.0855. The van der Waals surface area contributed by atoms with E-state index in [1.54, 1.807) is 12.1 Å². The average Bonchev–Trinajstić information content (AvgIpc) is 2.59. The maximum Gasteiger partial charge on any atom is 0.251 e. The van der Waals surface area contributed by atoms with Gasteiger partial charge in [-0.25, -0.2) is 0 Å². The van der Waals surface area contributed by atoms with Crippen LogP contribution in [0.5, 0.6) is 0 Å². The average molecular weight is 346 g/mol. The Hall–Kier alpha value is -2.01. The Morgan fingerprint density at radius 2 is 1.80 bits per heavy atom. The Bertz CT molecular complexity index is 563. The molecule has 0 radical (unpaired) electrons. The van der Waals surface area contributed by atoms with Gasteiger partial charge in [-0.15, -0.1) is 0 Å². The van der Waals surface area contributed by atoms with Crippen molar-refractivity contribution in [2.24, 2.45) is 10.9 Å². The van der Waals surface area contributed by atoms with Crippen LogP contribution in [0, 0.1) is 5.92 Å². The number of ketones is 1. The molecule has 0 aliphatic rings. The molecule has 0 spiro atoms. The SMILES string of the molecule is CC(C)N=Cc1ccc(C(=O)NCCOCCCC(=O)C(C)C)cc1. The highest BCUT2D eigenvalue weighted by molar-refractivity contribution is 5.95. The first kappa shape index (κ1) is 21.0. The molecule has 1 amide bonds. The summed E-state index contributed by atoms with van der Waals surface area (Å²) in [4.78, 5) is 27.8. The van der Waals surface area contributed by atoms with Gasteiger partial charge in [0.15, 0.2) is 0 Å². The summed E-state index contributed by atoms with van der Waals surface area (Å²) in [5, 5.41) is 2.82. The molecular weight excluding hydrogens is 316 g/mol. The summed E-state index contributed by atoms with van der Waals surface area (Å²) in [5.74, 6) is 0.229. The molecule has 0 heterocycles. The van der Waals surface area contributed by atoms with Crippen molar-refractivity contribution in [3.8, 4) is 0 Å². The molecular formula is C20H30N2O3. The maximum absolute atomic E-state index is 12.0. The fraction of sp³-hybridized carbons (Fsp3) is 0.550. The zero-order valence-corrected chi connectivity index (χ0v) is 15.7. The first-order valence-electron chi connectivity index (χ1n) is 8.92. The molecule has 0 aromatic heterocycles. The van der Waals surface area contributed by atoms with Gasteiger partial charge in [0, 0.05) is 43.3 Å². The highest BCUT2D eigenvalue weighted by Gasteiger charge is 2.06. The normalized spacial score (nSPS) is 11.4. The lowest BCUT2D eigenvalue weighted by atomic mass is 10.1. The standard InChI is InChI=1S/C20H30N2O3/c1-15(2)19(23)6-5-12-25-13-11-21-20(24)18-9-7-17(8-10-18)14-22-16(3)4/h7-10,14-16H,5-6,11-13H2,1-4H3,(H,21,24). The van der Waals surface area contributed by atoms with Crippen LogP contribution in [0.25, 0.3) is 0 Å². The number of rotatable bonds is 11. The molecule has 0 saturated heterocycles. The van der Waals surface area contributed by atoms with Crippen LogP contribution in [0.4, 0.5) is 0 Å². The highest BCUT2D eigenvalue weighted by atomic mass is 16.5. The molecule has 1 aromatic rings. The van der Waals surface area contributed by atoms with Crippen LogP contribution in [0.3, 0.4) is 0 Å². The van der Waals surface area contributed by atoms with Crippen LogP contribution >= 0.6 is 0 Å². The van der Waals surface area contributed by atoms with Crippen molar-refractivity contribution in [1.82, 2.24) is 5.32 Å². The molecule has 0 unspecified atom stereocenters. The number of carbonyl (C=O) groups excluding carboxylic acids is 2. The van der Waals surface area contributed by atoms with Crippen molar-refractivity contribution in [3.05, 3.63) is 35.4 Å². The van der Waals surface area contributed by atoms with Crippen molar-refractivity contribution in [2.45, 2.75) is 46.6 Å². The van der Waals surface area contributed by atoms with Crippen molar-refractivity contribution in [2.75, 3.05) is 19.8 Å². The lowest BCUT2D eigenvalue weighted by Gasteiger charge is -2.07. The second-order valence-electron chi connectivity index (χ2n) is 6.59. The van der Waals surface area contributed by atoms with Crippen molar-refractivity contribution in [1.29, 1.82) is 0 Å². The summed E-state index contributed by atoms with van der Waals surface area (Å²) in [5.41, 5.74) is 1.59. The van der Waals surface area contributed by atoms with Gasteiger partial charge in [0.2, 0.25) is 0 Å². The van der Waals surface area contributed by atoms with Crippen LogP contribution in [-0.4, -0.2) is 43.7 Å². The van der Waals surface area contributed by atoms with Gasteiger partial charge in [-0.1, -0.05) is 26.0 Å². The molecule has 1 aromatic carbocycles. The van der Waals surface area contributed by atoms with E-state index in [2.05, 4.69) is 10.3 Å². The van der Waals surface area contributed by atoms with Crippen molar-refractivity contribution >= 4 is 17.9 Å². The van der Waals surface area contributed by atoms with Gasteiger partial charge < -0.3 is 10.1 Å². The van der Waals surface area contributed by atoms with E-state index in [4.69, 9.17) is 4.74 Å². The minimum Gasteiger partial charge on any atom is -0.380 e. The van der Waals surface area contributed by atoms with Crippen LogP contribution in [0.15, 0.2) is 29.3 Å². The van der Waals surface area contributed by atoms with Gasteiger partial charge in [0.1, 0.15) is 5.78 Å². The molecule has 5 heteroatoms. The van der Waals surface area contributed by atoms with E-state index in [0.717, 1.165) is 12.0 Å². The van der Waals surface area contributed by atoms with E-state index < -0.39 is 0 Å². The van der Waals surface area contributed by atoms with E-state index in [0.29, 0.717) is 31.7 Å². The first-order chi connectivity index (χ1) is 11.9. The summed E-state index contributed by atoms with van der Waals surface area (Å²) < 4.78 is 5.44. The molecule has 138 valence electrons. The molecule has 25 heavy (non-hydrogen) atoms. The van der Waals surface area contributed by atoms with Crippen LogP contribution in [0.1, 0.15) is 56.5 Å². The fourth-order valence-electron chi connectivity index (χ4n) is 2.03. The smallest absolute Gasteiger partial charge is 0.251 e. The van der Waals surface area contributed by atoms with Crippen LogP contribution in [0.2, 0.25) is 0 Å². The van der Waals surface area contributed by atoms with Gasteiger partial charge >= 0.3 is 0 Å². The number of amides is 1. The third-order valence-corrected chi connectivity index (χ3v) is 3.58. The molecule has 0 saturated carbocycles. The molecule has 0 bridgehead atoms. The van der Waals surface area contributed by atoms with Crippen molar-refractivity contribution in [3.63, 3.8) is 0 Å². The van der Waals surface area contributed by atoms with Crippen molar-refractivity contribution < 1.29 is 14.3 Å². The maximum atomic E-state index is 12.0. The quantitative estimate of drug-likeness (QED) is 0.494. The van der Waals surface area contributed by atoms with Crippen LogP contribution < -0.4 is 5.32 Å². The second kappa shape index (κ2) is 11.5. The number of aliphatic imine (C=N–C) groups is 1. The Balaban J connectivity index is 2.21. The van der Waals surface area contributed by atoms with Gasteiger partial charge in [-0.3, -0.25) is 14.6 Å². The molecule has 5 nitrogen and oxygen atoms in total. The highest BCUT2D eigenvalue weighted by Crippen LogP contribution is 2.04. The summed E-state index contributed by atoms with van der Waals surface area (Å²) >= 11 is 0. The predicted octanol–water partition coefficient (Wildman–Crippen LogP) is 3.27. The van der Waals surface area contributed by atoms with Gasteiger partial charge in [-0.05, 0) is 38.0 Å². The van der Waals surface area contributed by atoms with E-state index in [-0.39, 0.29) is 23.7 Å². The Morgan fingerprint density at radius 3 is 2.40 bits per heavy atom. The minimum atomic E-state index is -0.120. The zero-order chi connectivity index (χ0) is 18.7. The molecule has 0 aliphatic carbocycles. The van der Waals surface area contributed by atoms with Gasteiger partial charge in [0.05, 0.1) is 6.61 Å². The number of nitrogens with one attached hydrogen (secondary N) is 1. The number of Topliss-reactive ketones (excluding diaryl/α,β-unsaturated/α-hetero) is 1. The van der Waals surface area contributed by atoms with E-state index in [1.165, 1.54) is 0 Å². The lowest BCUT2D eigenvalue weighted by molar-refractivity contribution is -0.122. The fourth-order valence-corrected chi connectivity index (χ4v) is 2.03. The zero-order valence-electron chi connectivity index (χ0n) is 15.7. The predicted molar refractivity (Wildman–Crippen MR) is 101 cm³/mol. The Labute approximate surface area is 150 Å². The van der Waals surface area contributed by atoms with Crippen LogP contribution in [-0.2, 0) is 9.53 Å². The Kier molecular flexibility index (Phi) is 9.70. The number of hydrogen-bond acceptors (Lipinski definition) is 4. The monoisotopic (exact) mass is 346 g/mol. The topological polar surface area (TPSA) is 67.8 Å². The van der Waals surface area contributed by atoms with E-state index >= 15 is 0 Å². The summed E-state index contributed by atoms with van der Waals surface area (Å²) in [6.07, 6.45) is 3.09. The number of ether oxygens (including phenoxy) is 1. The number of nitrogens with zero attached hydrogens (tertiary/aromatic N) is 1. The number of carbonyl (C=O) groups is 2. The third-order valence-electron chi connectivity index (χ3n) is 3.58. The van der Waals surface area contributed by atoms with E-state index in [9.17, 15) is 9.59 Å². The summed E-state index contributed by atoms with van der Waals surface area (Å²) in [6, 6.07) is 7.59. The lowest BCUT2D eigenvalue weighted by Crippen LogP contribution is -2.27. The number of benzene rings is 1. The molecule has 0 fully saturated rings. The Morgan fingerprint density at radius 1 is 1.12 bits per heavy atom. The second-order valence-corrected chi connectivity index (χ2v) is 6.59. The summed E-state index contributed by atoms with van der Waals surface area (Å²) in [7, 11) is 0. The van der Waals surface area contributed by atoms with Gasteiger partial charge in [0.25, 0.3) is 5.91 Å². The molecule has 0 aliphatic heterocycles. The molecule has 0 atom stereocenters. The molecule has 1 N–H and O–H groups in total. The van der Waals surface area contributed by atoms with E-state index in [1.807, 2.05) is 46.0 Å². The van der Waals surface area contributed by atoms with Gasteiger partial charge in [-0.2, -0.15) is 0 Å². The molecule has 1 rings (SSSR count). The summed E-state index contributed by atoms with van der Waals surface area (Å²) in [6.45, 7) is 9.28. The first-order valence-corrected chi connectivity index (χ1v) is 8.92. The largest absolute Gasteiger partial charge is 0.380 e. The number of hydrogen-bond donors (Lipinski definition) is 1.